The third-order valence-electron chi connectivity index (χ3n) is 5.56. The van der Waals surface area contributed by atoms with Crippen LogP contribution in [0.15, 0.2) is 71.9 Å². The molecule has 5 heterocycles. The second-order valence-electron chi connectivity index (χ2n) is 7.81. The summed E-state index contributed by atoms with van der Waals surface area (Å²) in [5.74, 6) is 0.682. The Kier molecular flexibility index (Phi) is 4.04. The van der Waals surface area contributed by atoms with Crippen molar-refractivity contribution in [1.82, 2.24) is 30.1 Å². The molecule has 156 valence electrons. The zero-order valence-electron chi connectivity index (χ0n) is 17.5. The third-order valence-corrected chi connectivity index (χ3v) is 5.56. The number of hydrogen-bond acceptors (Lipinski definition) is 6. The first-order chi connectivity index (χ1) is 15.7. The van der Waals surface area contributed by atoms with Crippen LogP contribution in [0.5, 0.6) is 0 Å². The Morgan fingerprint density at radius 2 is 1.84 bits per heavy atom. The second-order valence-corrected chi connectivity index (χ2v) is 7.81. The van der Waals surface area contributed by atoms with Gasteiger partial charge in [-0.15, -0.1) is 0 Å². The van der Waals surface area contributed by atoms with Crippen molar-refractivity contribution in [3.05, 3.63) is 67.5 Å². The van der Waals surface area contributed by atoms with Crippen molar-refractivity contribution in [2.75, 3.05) is 19.0 Å². The monoisotopic (exact) mass is 421 g/mol. The molecule has 0 atom stereocenters. The van der Waals surface area contributed by atoms with Crippen LogP contribution < -0.4 is 4.90 Å². The van der Waals surface area contributed by atoms with Gasteiger partial charge in [0.1, 0.15) is 16.9 Å². The zero-order chi connectivity index (χ0) is 21.7. The molecule has 0 saturated carbocycles. The molecule has 0 aliphatic heterocycles. The lowest BCUT2D eigenvalue weighted by atomic mass is 10.0. The Hall–Kier alpha value is -4.46. The van der Waals surface area contributed by atoms with Crippen LogP contribution in [0.25, 0.3) is 55.8 Å². The molecule has 0 amide bonds. The van der Waals surface area contributed by atoms with Crippen LogP contribution in [0.3, 0.4) is 0 Å². The van der Waals surface area contributed by atoms with E-state index in [0.29, 0.717) is 5.82 Å². The molecule has 0 spiro atoms. The molecule has 0 bridgehead atoms. The standard InChI is InChI=1S/C24H19N7O/c1-31(2)17-9-16(11-25-12-17)14-3-4-19-18(10-14)22(30-29-19)24-27-20-5-7-26-21(23(20)28-24)15-6-8-32-13-15/h3-13H,1-2H3,(H,27,28)(H,29,30). The summed E-state index contributed by atoms with van der Waals surface area (Å²) in [6, 6.07) is 12.1. The van der Waals surface area contributed by atoms with E-state index < -0.39 is 0 Å². The smallest absolute Gasteiger partial charge is 0.159 e. The number of fused-ring (bicyclic) bond motifs is 2. The maximum Gasteiger partial charge on any atom is 0.159 e. The number of pyridine rings is 2. The van der Waals surface area contributed by atoms with Gasteiger partial charge in [0, 0.05) is 43.0 Å². The fraction of sp³-hybridized carbons (Fsp3) is 0.0833. The molecule has 0 unspecified atom stereocenters. The molecule has 0 fully saturated rings. The van der Waals surface area contributed by atoms with Crippen LogP contribution in [0.2, 0.25) is 0 Å². The van der Waals surface area contributed by atoms with E-state index in [1.807, 2.05) is 49.6 Å². The Morgan fingerprint density at radius 3 is 2.69 bits per heavy atom. The number of nitrogens with one attached hydrogen (secondary N) is 2. The van der Waals surface area contributed by atoms with Crippen LogP contribution in [-0.4, -0.2) is 44.2 Å². The Bertz CT molecular complexity index is 1560. The van der Waals surface area contributed by atoms with Crippen LogP contribution in [0, 0.1) is 0 Å². The number of H-pyrrole nitrogens is 2. The summed E-state index contributed by atoms with van der Waals surface area (Å²) in [5.41, 5.74) is 8.17. The molecule has 0 aliphatic carbocycles. The molecule has 6 aromatic rings. The first kappa shape index (κ1) is 18.3. The van der Waals surface area contributed by atoms with E-state index in [1.165, 1.54) is 0 Å². The summed E-state index contributed by atoms with van der Waals surface area (Å²) in [5, 5.41) is 8.65. The minimum atomic E-state index is 0.682. The van der Waals surface area contributed by atoms with Gasteiger partial charge >= 0.3 is 0 Å². The number of benzene rings is 1. The molecule has 0 radical (unpaired) electrons. The number of aromatic nitrogens is 6. The first-order valence-electron chi connectivity index (χ1n) is 10.2. The molecule has 32 heavy (non-hydrogen) atoms. The van der Waals surface area contributed by atoms with Crippen molar-refractivity contribution in [3.63, 3.8) is 0 Å². The lowest BCUT2D eigenvalue weighted by Gasteiger charge is -2.13. The van der Waals surface area contributed by atoms with Gasteiger partial charge in [-0.05, 0) is 35.9 Å². The van der Waals surface area contributed by atoms with E-state index >= 15 is 0 Å². The summed E-state index contributed by atoms with van der Waals surface area (Å²) in [6.45, 7) is 0. The van der Waals surface area contributed by atoms with E-state index in [-0.39, 0.29) is 0 Å². The molecular weight excluding hydrogens is 402 g/mol. The highest BCUT2D eigenvalue weighted by Gasteiger charge is 2.17. The lowest BCUT2D eigenvalue weighted by molar-refractivity contribution is 0.568. The van der Waals surface area contributed by atoms with Gasteiger partial charge in [0.2, 0.25) is 0 Å². The average molecular weight is 421 g/mol. The second kappa shape index (κ2) is 7.05. The number of rotatable bonds is 4. The normalized spacial score (nSPS) is 11.4. The highest BCUT2D eigenvalue weighted by Crippen LogP contribution is 2.32. The topological polar surface area (TPSA) is 99.5 Å². The zero-order valence-corrected chi connectivity index (χ0v) is 17.5. The number of aromatic amines is 2. The van der Waals surface area contributed by atoms with Gasteiger partial charge in [0.25, 0.3) is 0 Å². The SMILES string of the molecule is CN(C)c1cncc(-c2ccc3[nH]nc(-c4nc5c(-c6ccoc6)nccc5[nH]4)c3c2)c1. The largest absolute Gasteiger partial charge is 0.472 e. The van der Waals surface area contributed by atoms with Gasteiger partial charge in [-0.2, -0.15) is 5.10 Å². The molecular formula is C24H19N7O. The Labute approximate surface area is 183 Å². The molecule has 0 aliphatic rings. The van der Waals surface area contributed by atoms with E-state index in [0.717, 1.165) is 55.7 Å². The summed E-state index contributed by atoms with van der Waals surface area (Å²) in [7, 11) is 4.01. The molecule has 5 aromatic heterocycles. The van der Waals surface area contributed by atoms with Crippen LogP contribution in [0.4, 0.5) is 5.69 Å². The lowest BCUT2D eigenvalue weighted by Crippen LogP contribution is -2.08. The summed E-state index contributed by atoms with van der Waals surface area (Å²) in [6.07, 6.45) is 8.79. The molecule has 8 heteroatoms. The van der Waals surface area contributed by atoms with Crippen molar-refractivity contribution < 1.29 is 4.42 Å². The van der Waals surface area contributed by atoms with Gasteiger partial charge in [0.15, 0.2) is 5.82 Å². The maximum absolute atomic E-state index is 5.23. The quantitative estimate of drug-likeness (QED) is 0.420. The van der Waals surface area contributed by atoms with Gasteiger partial charge in [-0.25, -0.2) is 4.98 Å². The number of imidazole rings is 1. The number of furan rings is 1. The highest BCUT2D eigenvalue weighted by atomic mass is 16.3. The first-order valence-corrected chi connectivity index (χ1v) is 10.2. The molecule has 6 rings (SSSR count). The number of nitrogens with zero attached hydrogens (tertiary/aromatic N) is 5. The summed E-state index contributed by atoms with van der Waals surface area (Å²) in [4.78, 5) is 19.2. The fourth-order valence-electron chi connectivity index (χ4n) is 3.86. The van der Waals surface area contributed by atoms with E-state index in [2.05, 4.69) is 43.3 Å². The van der Waals surface area contributed by atoms with Crippen molar-refractivity contribution in [2.45, 2.75) is 0 Å². The van der Waals surface area contributed by atoms with Crippen molar-refractivity contribution >= 4 is 27.6 Å². The predicted octanol–water partition coefficient (Wildman–Crippen LogP) is 4.89. The number of hydrogen-bond donors (Lipinski definition) is 2. The van der Waals surface area contributed by atoms with Gasteiger partial charge in [-0.1, -0.05) is 6.07 Å². The van der Waals surface area contributed by atoms with Crippen molar-refractivity contribution in [1.29, 1.82) is 0 Å². The van der Waals surface area contributed by atoms with Crippen molar-refractivity contribution in [2.24, 2.45) is 0 Å². The van der Waals surface area contributed by atoms with Crippen LogP contribution in [-0.2, 0) is 0 Å². The van der Waals surface area contributed by atoms with Gasteiger partial charge in [-0.3, -0.25) is 15.1 Å². The van der Waals surface area contributed by atoms with Gasteiger partial charge in [0.05, 0.1) is 35.4 Å². The minimum absolute atomic E-state index is 0.682. The summed E-state index contributed by atoms with van der Waals surface area (Å²) >= 11 is 0. The minimum Gasteiger partial charge on any atom is -0.472 e. The third kappa shape index (κ3) is 2.92. The van der Waals surface area contributed by atoms with E-state index in [9.17, 15) is 0 Å². The Morgan fingerprint density at radius 1 is 0.906 bits per heavy atom. The number of anilines is 1. The molecule has 1 aromatic carbocycles. The van der Waals surface area contributed by atoms with Crippen LogP contribution in [0.1, 0.15) is 0 Å². The summed E-state index contributed by atoms with van der Waals surface area (Å²) < 4.78 is 5.23. The predicted molar refractivity (Wildman–Crippen MR) is 124 cm³/mol. The maximum atomic E-state index is 5.23. The fourth-order valence-corrected chi connectivity index (χ4v) is 3.86. The van der Waals surface area contributed by atoms with Crippen LogP contribution >= 0.6 is 0 Å². The average Bonchev–Trinajstić information content (AvgIpc) is 3.57. The molecule has 8 nitrogen and oxygen atoms in total. The molecule has 0 saturated heterocycles. The molecule has 2 N–H and O–H groups in total. The van der Waals surface area contributed by atoms with E-state index in [4.69, 9.17) is 9.40 Å². The van der Waals surface area contributed by atoms with Gasteiger partial charge < -0.3 is 14.3 Å². The van der Waals surface area contributed by atoms with Crippen molar-refractivity contribution in [3.8, 4) is 33.9 Å². The Balaban J connectivity index is 1.49. The van der Waals surface area contributed by atoms with E-state index in [1.54, 1.807) is 18.7 Å². The highest BCUT2D eigenvalue weighted by molar-refractivity contribution is 5.97.